The van der Waals surface area contributed by atoms with E-state index in [1.54, 1.807) is 11.3 Å². The summed E-state index contributed by atoms with van der Waals surface area (Å²) in [5, 5.41) is 2.10. The van der Waals surface area contributed by atoms with Crippen LogP contribution in [0.3, 0.4) is 0 Å². The van der Waals surface area contributed by atoms with Crippen molar-refractivity contribution in [2.45, 2.75) is 32.7 Å². The van der Waals surface area contributed by atoms with E-state index in [-0.39, 0.29) is 6.04 Å². The molecule has 2 aromatic rings. The molecule has 0 amide bonds. The SMILES string of the molecule is Cc1ccsc1C(N)c1ccc(C(C)C)cc1. The predicted molar refractivity (Wildman–Crippen MR) is 75.6 cm³/mol. The lowest BCUT2D eigenvalue weighted by atomic mass is 9.98. The van der Waals surface area contributed by atoms with E-state index >= 15 is 0 Å². The fraction of sp³-hybridized carbons (Fsp3) is 0.333. The molecule has 1 aromatic heterocycles. The predicted octanol–water partition coefficient (Wildman–Crippen LogP) is 4.23. The van der Waals surface area contributed by atoms with Crippen molar-refractivity contribution >= 4 is 11.3 Å². The maximum atomic E-state index is 6.30. The first-order chi connectivity index (χ1) is 8.09. The van der Waals surface area contributed by atoms with E-state index in [4.69, 9.17) is 5.73 Å². The van der Waals surface area contributed by atoms with Gasteiger partial charge in [0.2, 0.25) is 0 Å². The molecular formula is C15H19NS. The first-order valence-electron chi connectivity index (χ1n) is 5.99. The molecule has 90 valence electrons. The molecule has 0 aliphatic carbocycles. The summed E-state index contributed by atoms with van der Waals surface area (Å²) in [5.74, 6) is 0.573. The Balaban J connectivity index is 2.26. The molecule has 0 bridgehead atoms. The zero-order valence-corrected chi connectivity index (χ0v) is 11.4. The molecule has 0 radical (unpaired) electrons. The first-order valence-corrected chi connectivity index (χ1v) is 6.87. The van der Waals surface area contributed by atoms with Crippen molar-refractivity contribution in [3.8, 4) is 0 Å². The summed E-state index contributed by atoms with van der Waals surface area (Å²) >= 11 is 1.74. The van der Waals surface area contributed by atoms with Crippen molar-refractivity contribution in [3.05, 3.63) is 57.3 Å². The summed E-state index contributed by atoms with van der Waals surface area (Å²) in [6.45, 7) is 6.53. The number of aryl methyl sites for hydroxylation is 1. The molecule has 1 unspecified atom stereocenters. The Kier molecular flexibility index (Phi) is 3.65. The highest BCUT2D eigenvalue weighted by molar-refractivity contribution is 7.10. The summed E-state index contributed by atoms with van der Waals surface area (Å²) in [6, 6.07) is 10.8. The minimum absolute atomic E-state index is 0.0104. The van der Waals surface area contributed by atoms with Crippen molar-refractivity contribution in [1.82, 2.24) is 0 Å². The van der Waals surface area contributed by atoms with Gasteiger partial charge in [-0.1, -0.05) is 38.1 Å². The van der Waals surface area contributed by atoms with Crippen molar-refractivity contribution in [3.63, 3.8) is 0 Å². The molecule has 2 heteroatoms. The summed E-state index contributed by atoms with van der Waals surface area (Å²) < 4.78 is 0. The standard InChI is InChI=1S/C15H19NS/c1-10(2)12-4-6-13(7-5-12)14(16)15-11(3)8-9-17-15/h4-10,14H,16H2,1-3H3. The van der Waals surface area contributed by atoms with Gasteiger partial charge in [-0.15, -0.1) is 11.3 Å². The molecule has 2 rings (SSSR count). The third-order valence-corrected chi connectivity index (χ3v) is 4.25. The van der Waals surface area contributed by atoms with Crippen molar-refractivity contribution < 1.29 is 0 Å². The van der Waals surface area contributed by atoms with Crippen LogP contribution in [0.2, 0.25) is 0 Å². The maximum absolute atomic E-state index is 6.30. The average molecular weight is 245 g/mol. The number of nitrogens with two attached hydrogens (primary N) is 1. The molecule has 1 nitrogen and oxygen atoms in total. The monoisotopic (exact) mass is 245 g/mol. The van der Waals surface area contributed by atoms with Gasteiger partial charge in [-0.25, -0.2) is 0 Å². The van der Waals surface area contributed by atoms with Gasteiger partial charge in [0.05, 0.1) is 6.04 Å². The second kappa shape index (κ2) is 5.03. The lowest BCUT2D eigenvalue weighted by Gasteiger charge is -2.13. The van der Waals surface area contributed by atoms with E-state index in [1.807, 2.05) is 0 Å². The molecule has 2 N–H and O–H groups in total. The number of benzene rings is 1. The van der Waals surface area contributed by atoms with Gasteiger partial charge >= 0.3 is 0 Å². The lowest BCUT2D eigenvalue weighted by molar-refractivity contribution is 0.852. The van der Waals surface area contributed by atoms with Gasteiger partial charge < -0.3 is 5.73 Å². The summed E-state index contributed by atoms with van der Waals surface area (Å²) in [4.78, 5) is 1.27. The van der Waals surface area contributed by atoms with E-state index in [1.165, 1.54) is 21.6 Å². The molecule has 0 spiro atoms. The summed E-state index contributed by atoms with van der Waals surface area (Å²) in [6.07, 6.45) is 0. The van der Waals surface area contributed by atoms with Crippen LogP contribution >= 0.6 is 11.3 Å². The topological polar surface area (TPSA) is 26.0 Å². The van der Waals surface area contributed by atoms with Gasteiger partial charge in [-0.05, 0) is 41.0 Å². The second-order valence-electron chi connectivity index (χ2n) is 4.77. The van der Waals surface area contributed by atoms with Crippen LogP contribution in [0, 0.1) is 6.92 Å². The van der Waals surface area contributed by atoms with E-state index in [0.717, 1.165) is 0 Å². The Bertz CT molecular complexity index is 482. The van der Waals surface area contributed by atoms with Crippen LogP contribution in [0.5, 0.6) is 0 Å². The molecular weight excluding hydrogens is 226 g/mol. The molecule has 1 aromatic carbocycles. The largest absolute Gasteiger partial charge is 0.320 e. The molecule has 0 aliphatic rings. The fourth-order valence-corrected chi connectivity index (χ4v) is 2.90. The molecule has 0 saturated heterocycles. The highest BCUT2D eigenvalue weighted by Gasteiger charge is 2.12. The van der Waals surface area contributed by atoms with Gasteiger partial charge in [0.1, 0.15) is 0 Å². The molecule has 1 heterocycles. The molecule has 17 heavy (non-hydrogen) atoms. The normalized spacial score (nSPS) is 13.0. The molecule has 0 aliphatic heterocycles. The number of thiophene rings is 1. The van der Waals surface area contributed by atoms with Gasteiger partial charge in [-0.2, -0.15) is 0 Å². The summed E-state index contributed by atoms with van der Waals surface area (Å²) in [7, 11) is 0. The van der Waals surface area contributed by atoms with Crippen LogP contribution in [0.1, 0.15) is 47.4 Å². The third-order valence-electron chi connectivity index (χ3n) is 3.15. The fourth-order valence-electron chi connectivity index (χ4n) is 1.94. The van der Waals surface area contributed by atoms with Gasteiger partial charge in [0, 0.05) is 4.88 Å². The van der Waals surface area contributed by atoms with Crippen LogP contribution in [0.25, 0.3) is 0 Å². The minimum Gasteiger partial charge on any atom is -0.320 e. The second-order valence-corrected chi connectivity index (χ2v) is 5.71. The Hall–Kier alpha value is -1.12. The zero-order chi connectivity index (χ0) is 12.4. The van der Waals surface area contributed by atoms with Gasteiger partial charge in [0.15, 0.2) is 0 Å². The minimum atomic E-state index is 0.0104. The maximum Gasteiger partial charge on any atom is 0.0648 e. The molecule has 0 fully saturated rings. The van der Waals surface area contributed by atoms with Crippen molar-refractivity contribution in [1.29, 1.82) is 0 Å². The summed E-state index contributed by atoms with van der Waals surface area (Å²) in [5.41, 5.74) is 10.1. The quantitative estimate of drug-likeness (QED) is 0.860. The van der Waals surface area contributed by atoms with Crippen LogP contribution < -0.4 is 5.73 Å². The van der Waals surface area contributed by atoms with Crippen LogP contribution in [0.15, 0.2) is 35.7 Å². The molecule has 0 saturated carbocycles. The Morgan fingerprint density at radius 1 is 1.00 bits per heavy atom. The third kappa shape index (κ3) is 2.59. The van der Waals surface area contributed by atoms with Crippen LogP contribution in [0.4, 0.5) is 0 Å². The van der Waals surface area contributed by atoms with E-state index in [0.29, 0.717) is 5.92 Å². The van der Waals surface area contributed by atoms with Crippen molar-refractivity contribution in [2.75, 3.05) is 0 Å². The zero-order valence-electron chi connectivity index (χ0n) is 10.6. The van der Waals surface area contributed by atoms with E-state index in [9.17, 15) is 0 Å². The smallest absolute Gasteiger partial charge is 0.0648 e. The number of hydrogen-bond acceptors (Lipinski definition) is 2. The lowest BCUT2D eigenvalue weighted by Crippen LogP contribution is -2.11. The highest BCUT2D eigenvalue weighted by atomic mass is 32.1. The van der Waals surface area contributed by atoms with Gasteiger partial charge in [0.25, 0.3) is 0 Å². The Labute approximate surface area is 107 Å². The van der Waals surface area contributed by atoms with E-state index < -0.39 is 0 Å². The van der Waals surface area contributed by atoms with Crippen molar-refractivity contribution in [2.24, 2.45) is 5.73 Å². The van der Waals surface area contributed by atoms with E-state index in [2.05, 4.69) is 56.5 Å². The number of hydrogen-bond donors (Lipinski definition) is 1. The highest BCUT2D eigenvalue weighted by Crippen LogP contribution is 2.28. The molecule has 1 atom stereocenters. The number of rotatable bonds is 3. The first kappa shape index (κ1) is 12.3. The average Bonchev–Trinajstić information content (AvgIpc) is 2.74. The Morgan fingerprint density at radius 2 is 1.59 bits per heavy atom. The Morgan fingerprint density at radius 3 is 2.06 bits per heavy atom. The van der Waals surface area contributed by atoms with Crippen LogP contribution in [-0.4, -0.2) is 0 Å². The van der Waals surface area contributed by atoms with Crippen LogP contribution in [-0.2, 0) is 0 Å². The van der Waals surface area contributed by atoms with Gasteiger partial charge in [-0.3, -0.25) is 0 Å².